The van der Waals surface area contributed by atoms with Gasteiger partial charge in [0.2, 0.25) is 5.91 Å². The van der Waals surface area contributed by atoms with E-state index in [0.717, 1.165) is 12.1 Å². The molecule has 102 valence electrons. The normalized spacial score (nSPS) is 16.9. The van der Waals surface area contributed by atoms with Gasteiger partial charge >= 0.3 is 0 Å². The number of nitrogens with one attached hydrogen (secondary N) is 2. The topological polar surface area (TPSA) is 54.0 Å². The lowest BCUT2D eigenvalue weighted by atomic mass is 10.1. The second-order valence-corrected chi connectivity index (χ2v) is 4.68. The molecule has 0 saturated heterocycles. The SMILES string of the molecule is O=C1Nc2ccc(F)cc2C1NCCc1ccccn1. The number of anilines is 1. The highest BCUT2D eigenvalue weighted by Gasteiger charge is 2.30. The third-order valence-corrected chi connectivity index (χ3v) is 3.30. The number of halogens is 1. The molecule has 1 aliphatic rings. The fourth-order valence-corrected chi connectivity index (χ4v) is 2.33. The molecule has 20 heavy (non-hydrogen) atoms. The number of benzene rings is 1. The van der Waals surface area contributed by atoms with Gasteiger partial charge in [-0.1, -0.05) is 6.07 Å². The number of pyridine rings is 1. The molecule has 0 radical (unpaired) electrons. The molecule has 1 aromatic heterocycles. The number of carbonyl (C=O) groups excluding carboxylic acids is 1. The molecular formula is C15H14FN3O. The molecule has 0 aliphatic carbocycles. The lowest BCUT2D eigenvalue weighted by Crippen LogP contribution is -2.29. The molecule has 1 aliphatic heterocycles. The third kappa shape index (κ3) is 2.53. The molecule has 1 aromatic carbocycles. The first-order chi connectivity index (χ1) is 9.74. The summed E-state index contributed by atoms with van der Waals surface area (Å²) in [6.45, 7) is 0.602. The fourth-order valence-electron chi connectivity index (χ4n) is 2.33. The second-order valence-electron chi connectivity index (χ2n) is 4.68. The molecule has 0 spiro atoms. The predicted molar refractivity (Wildman–Crippen MR) is 73.7 cm³/mol. The number of hydrogen-bond acceptors (Lipinski definition) is 3. The molecule has 0 fully saturated rings. The Bertz CT molecular complexity index is 630. The van der Waals surface area contributed by atoms with Gasteiger partial charge in [-0.3, -0.25) is 9.78 Å². The Morgan fingerprint density at radius 3 is 3.00 bits per heavy atom. The molecule has 3 rings (SSSR count). The van der Waals surface area contributed by atoms with Crippen LogP contribution in [0.4, 0.5) is 10.1 Å². The fraction of sp³-hybridized carbons (Fsp3) is 0.200. The van der Waals surface area contributed by atoms with Crippen LogP contribution in [0.3, 0.4) is 0 Å². The van der Waals surface area contributed by atoms with Crippen LogP contribution in [-0.4, -0.2) is 17.4 Å². The van der Waals surface area contributed by atoms with Crippen molar-refractivity contribution in [3.05, 3.63) is 59.7 Å². The maximum Gasteiger partial charge on any atom is 0.246 e. The Balaban J connectivity index is 1.66. The Hall–Kier alpha value is -2.27. The zero-order valence-corrected chi connectivity index (χ0v) is 10.8. The van der Waals surface area contributed by atoms with Gasteiger partial charge in [-0.15, -0.1) is 0 Å². The smallest absolute Gasteiger partial charge is 0.246 e. The highest BCUT2D eigenvalue weighted by atomic mass is 19.1. The van der Waals surface area contributed by atoms with E-state index in [9.17, 15) is 9.18 Å². The van der Waals surface area contributed by atoms with E-state index in [4.69, 9.17) is 0 Å². The molecule has 1 amide bonds. The summed E-state index contributed by atoms with van der Waals surface area (Å²) in [5.41, 5.74) is 2.29. The summed E-state index contributed by atoms with van der Waals surface area (Å²) < 4.78 is 13.3. The van der Waals surface area contributed by atoms with Crippen LogP contribution in [0.2, 0.25) is 0 Å². The minimum absolute atomic E-state index is 0.147. The van der Waals surface area contributed by atoms with Gasteiger partial charge in [0.25, 0.3) is 0 Å². The van der Waals surface area contributed by atoms with Gasteiger partial charge in [0.05, 0.1) is 0 Å². The second kappa shape index (κ2) is 5.38. The van der Waals surface area contributed by atoms with Crippen molar-refractivity contribution in [1.82, 2.24) is 10.3 Å². The molecule has 0 bridgehead atoms. The lowest BCUT2D eigenvalue weighted by Gasteiger charge is -2.11. The molecule has 1 unspecified atom stereocenters. The molecule has 2 aromatic rings. The largest absolute Gasteiger partial charge is 0.324 e. The average molecular weight is 271 g/mol. The summed E-state index contributed by atoms with van der Waals surface area (Å²) in [5, 5.41) is 5.88. The minimum Gasteiger partial charge on any atom is -0.324 e. The van der Waals surface area contributed by atoms with Gasteiger partial charge in [-0.2, -0.15) is 0 Å². The first kappa shape index (κ1) is 12.7. The Kier molecular flexibility index (Phi) is 3.43. The highest BCUT2D eigenvalue weighted by molar-refractivity contribution is 6.02. The Labute approximate surface area is 116 Å². The number of nitrogens with zero attached hydrogens (tertiary/aromatic N) is 1. The van der Waals surface area contributed by atoms with Crippen LogP contribution in [0.25, 0.3) is 0 Å². The summed E-state index contributed by atoms with van der Waals surface area (Å²) in [7, 11) is 0. The van der Waals surface area contributed by atoms with E-state index in [0.29, 0.717) is 17.8 Å². The summed E-state index contributed by atoms with van der Waals surface area (Å²) in [5.74, 6) is -0.483. The van der Waals surface area contributed by atoms with Crippen molar-refractivity contribution in [1.29, 1.82) is 0 Å². The molecule has 1 atom stereocenters. The van der Waals surface area contributed by atoms with Crippen molar-refractivity contribution in [3.8, 4) is 0 Å². The summed E-state index contributed by atoms with van der Waals surface area (Å²) in [6.07, 6.45) is 2.46. The van der Waals surface area contributed by atoms with Gasteiger partial charge in [0, 0.05) is 36.1 Å². The van der Waals surface area contributed by atoms with Crippen molar-refractivity contribution in [2.75, 3.05) is 11.9 Å². The third-order valence-electron chi connectivity index (χ3n) is 3.30. The molecule has 2 heterocycles. The van der Waals surface area contributed by atoms with Gasteiger partial charge in [0.1, 0.15) is 11.9 Å². The number of aromatic nitrogens is 1. The Morgan fingerprint density at radius 1 is 1.30 bits per heavy atom. The molecule has 5 heteroatoms. The highest BCUT2D eigenvalue weighted by Crippen LogP contribution is 2.30. The molecule has 2 N–H and O–H groups in total. The number of amides is 1. The number of carbonyl (C=O) groups is 1. The molecule has 0 saturated carbocycles. The van der Waals surface area contributed by atoms with Crippen molar-refractivity contribution < 1.29 is 9.18 Å². The minimum atomic E-state index is -0.496. The van der Waals surface area contributed by atoms with Crippen LogP contribution in [0.15, 0.2) is 42.6 Å². The van der Waals surface area contributed by atoms with E-state index in [-0.39, 0.29) is 11.7 Å². The Morgan fingerprint density at radius 2 is 2.20 bits per heavy atom. The van der Waals surface area contributed by atoms with Crippen LogP contribution in [-0.2, 0) is 11.2 Å². The first-order valence-corrected chi connectivity index (χ1v) is 6.47. The zero-order chi connectivity index (χ0) is 13.9. The maximum absolute atomic E-state index is 13.3. The van der Waals surface area contributed by atoms with Crippen LogP contribution in [0, 0.1) is 5.82 Å². The van der Waals surface area contributed by atoms with Gasteiger partial charge in [0.15, 0.2) is 0 Å². The van der Waals surface area contributed by atoms with Crippen LogP contribution < -0.4 is 10.6 Å². The van der Waals surface area contributed by atoms with E-state index < -0.39 is 6.04 Å². The zero-order valence-electron chi connectivity index (χ0n) is 10.8. The number of fused-ring (bicyclic) bond motifs is 1. The predicted octanol–water partition coefficient (Wildman–Crippen LogP) is 2.05. The quantitative estimate of drug-likeness (QED) is 0.894. The van der Waals surface area contributed by atoms with Crippen molar-refractivity contribution in [2.24, 2.45) is 0 Å². The number of rotatable bonds is 4. The number of hydrogen-bond donors (Lipinski definition) is 2. The van der Waals surface area contributed by atoms with Crippen molar-refractivity contribution in [2.45, 2.75) is 12.5 Å². The van der Waals surface area contributed by atoms with Gasteiger partial charge < -0.3 is 10.6 Å². The average Bonchev–Trinajstić information content (AvgIpc) is 2.76. The van der Waals surface area contributed by atoms with Crippen LogP contribution in [0.5, 0.6) is 0 Å². The lowest BCUT2D eigenvalue weighted by molar-refractivity contribution is -0.117. The standard InChI is InChI=1S/C15H14FN3O/c16-10-4-5-13-12(9-10)14(15(20)19-13)18-8-6-11-3-1-2-7-17-11/h1-5,7,9,14,18H,6,8H2,(H,19,20). The van der Waals surface area contributed by atoms with E-state index in [1.54, 1.807) is 12.3 Å². The maximum atomic E-state index is 13.3. The summed E-state index contributed by atoms with van der Waals surface area (Å²) >= 11 is 0. The van der Waals surface area contributed by atoms with E-state index in [1.165, 1.54) is 12.1 Å². The summed E-state index contributed by atoms with van der Waals surface area (Å²) in [4.78, 5) is 16.1. The summed E-state index contributed by atoms with van der Waals surface area (Å²) in [6, 6.07) is 9.55. The molecule has 4 nitrogen and oxygen atoms in total. The van der Waals surface area contributed by atoms with Crippen LogP contribution in [0.1, 0.15) is 17.3 Å². The van der Waals surface area contributed by atoms with Gasteiger partial charge in [-0.25, -0.2) is 4.39 Å². The monoisotopic (exact) mass is 271 g/mol. The van der Waals surface area contributed by atoms with Crippen molar-refractivity contribution >= 4 is 11.6 Å². The van der Waals surface area contributed by atoms with Crippen LogP contribution >= 0.6 is 0 Å². The van der Waals surface area contributed by atoms with E-state index in [1.807, 2.05) is 18.2 Å². The van der Waals surface area contributed by atoms with Gasteiger partial charge in [-0.05, 0) is 30.3 Å². The van der Waals surface area contributed by atoms with Crippen molar-refractivity contribution in [3.63, 3.8) is 0 Å². The van der Waals surface area contributed by atoms with E-state index in [2.05, 4.69) is 15.6 Å². The first-order valence-electron chi connectivity index (χ1n) is 6.47. The van der Waals surface area contributed by atoms with E-state index >= 15 is 0 Å². The molecular weight excluding hydrogens is 257 g/mol.